The molecule has 1 aromatic rings. The summed E-state index contributed by atoms with van der Waals surface area (Å²) in [5, 5.41) is 0. The number of hydrogen-bond donors (Lipinski definition) is 1. The third-order valence-corrected chi connectivity index (χ3v) is 2.44. The maximum absolute atomic E-state index is 5.44. The van der Waals surface area contributed by atoms with Crippen molar-refractivity contribution in [3.8, 4) is 5.75 Å². The first-order valence-corrected chi connectivity index (χ1v) is 5.04. The summed E-state index contributed by atoms with van der Waals surface area (Å²) in [5.41, 5.74) is 6.59. The zero-order valence-corrected chi connectivity index (χ0v) is 8.11. The molecular formula is C11H15NO2. The normalized spacial score (nSPS) is 19.1. The highest BCUT2D eigenvalue weighted by atomic mass is 17.2. The Labute approximate surface area is 83.7 Å². The van der Waals surface area contributed by atoms with E-state index in [0.717, 1.165) is 37.1 Å². The molecule has 0 aliphatic carbocycles. The van der Waals surface area contributed by atoms with E-state index in [4.69, 9.17) is 15.5 Å². The topological polar surface area (TPSA) is 44.5 Å². The molecule has 0 saturated heterocycles. The summed E-state index contributed by atoms with van der Waals surface area (Å²) in [6.45, 7) is 0.745. The van der Waals surface area contributed by atoms with Gasteiger partial charge < -0.3 is 10.6 Å². The van der Waals surface area contributed by atoms with Crippen LogP contribution in [0.5, 0.6) is 5.75 Å². The molecule has 1 aliphatic rings. The van der Waals surface area contributed by atoms with Crippen LogP contribution in [0.1, 0.15) is 30.9 Å². The lowest BCUT2D eigenvalue weighted by molar-refractivity contribution is -0.225. The summed E-state index contributed by atoms with van der Waals surface area (Å²) >= 11 is 0. The highest BCUT2D eigenvalue weighted by Crippen LogP contribution is 2.37. The molecule has 2 N–H and O–H groups in total. The lowest BCUT2D eigenvalue weighted by Crippen LogP contribution is -2.01. The molecule has 14 heavy (non-hydrogen) atoms. The van der Waals surface area contributed by atoms with Crippen LogP contribution >= 0.6 is 0 Å². The molecule has 2 rings (SSSR count). The minimum atomic E-state index is 0.0951. The Morgan fingerprint density at radius 3 is 2.93 bits per heavy atom. The Hall–Kier alpha value is -1.06. The predicted octanol–water partition coefficient (Wildman–Crippen LogP) is 2.18. The minimum Gasteiger partial charge on any atom is -0.337 e. The van der Waals surface area contributed by atoms with Gasteiger partial charge in [0.25, 0.3) is 0 Å². The van der Waals surface area contributed by atoms with Crippen molar-refractivity contribution in [1.82, 2.24) is 0 Å². The summed E-state index contributed by atoms with van der Waals surface area (Å²) in [4.78, 5) is 10.3. The number of rotatable bonds is 4. The molecule has 76 valence electrons. The number of nitrogens with two attached hydrogens (primary N) is 1. The Balaban J connectivity index is 1.96. The smallest absolute Gasteiger partial charge is 0.171 e. The molecule has 0 radical (unpaired) electrons. The fourth-order valence-corrected chi connectivity index (χ4v) is 1.66. The average molecular weight is 193 g/mol. The molecule has 3 heteroatoms. The van der Waals surface area contributed by atoms with Crippen LogP contribution in [-0.4, -0.2) is 6.54 Å². The molecule has 1 aromatic carbocycles. The van der Waals surface area contributed by atoms with Crippen molar-refractivity contribution in [3.05, 3.63) is 29.8 Å². The van der Waals surface area contributed by atoms with E-state index < -0.39 is 0 Å². The second-order valence-electron chi connectivity index (χ2n) is 3.49. The Morgan fingerprint density at radius 2 is 2.07 bits per heavy atom. The molecule has 0 fully saturated rings. The second kappa shape index (κ2) is 4.44. The third-order valence-electron chi connectivity index (χ3n) is 2.44. The average Bonchev–Trinajstić information content (AvgIpc) is 2.63. The van der Waals surface area contributed by atoms with Gasteiger partial charge in [0.2, 0.25) is 0 Å². The zero-order chi connectivity index (χ0) is 9.80. The predicted molar refractivity (Wildman–Crippen MR) is 53.8 cm³/mol. The summed E-state index contributed by atoms with van der Waals surface area (Å²) in [7, 11) is 0. The van der Waals surface area contributed by atoms with Crippen LogP contribution in [0.3, 0.4) is 0 Å². The standard InChI is InChI=1S/C11H15NO2/c12-8-4-3-7-11-9-5-1-2-6-10(9)13-14-11/h1-2,5-6,11H,3-4,7-8,12H2. The van der Waals surface area contributed by atoms with Gasteiger partial charge in [0.15, 0.2) is 5.75 Å². The van der Waals surface area contributed by atoms with E-state index in [2.05, 4.69) is 6.07 Å². The molecule has 3 nitrogen and oxygen atoms in total. The Kier molecular flexibility index (Phi) is 3.01. The monoisotopic (exact) mass is 193 g/mol. The van der Waals surface area contributed by atoms with Crippen LogP contribution in [0.25, 0.3) is 0 Å². The van der Waals surface area contributed by atoms with Gasteiger partial charge >= 0.3 is 0 Å². The van der Waals surface area contributed by atoms with Gasteiger partial charge in [0.1, 0.15) is 6.10 Å². The van der Waals surface area contributed by atoms with E-state index in [-0.39, 0.29) is 6.10 Å². The van der Waals surface area contributed by atoms with E-state index in [0.29, 0.717) is 0 Å². The van der Waals surface area contributed by atoms with Crippen LogP contribution in [0.2, 0.25) is 0 Å². The molecule has 1 heterocycles. The molecule has 1 unspecified atom stereocenters. The first kappa shape index (κ1) is 9.49. The highest BCUT2D eigenvalue weighted by molar-refractivity contribution is 5.36. The fraction of sp³-hybridized carbons (Fsp3) is 0.455. The first-order valence-electron chi connectivity index (χ1n) is 5.04. The fourth-order valence-electron chi connectivity index (χ4n) is 1.66. The molecule has 0 saturated carbocycles. The summed E-state index contributed by atoms with van der Waals surface area (Å²) < 4.78 is 0. The number of hydrogen-bond acceptors (Lipinski definition) is 3. The van der Waals surface area contributed by atoms with Gasteiger partial charge in [0.05, 0.1) is 0 Å². The molecule has 0 spiro atoms. The van der Waals surface area contributed by atoms with Crippen molar-refractivity contribution >= 4 is 0 Å². The summed E-state index contributed by atoms with van der Waals surface area (Å²) in [5.74, 6) is 0.852. The summed E-state index contributed by atoms with van der Waals surface area (Å²) in [6, 6.07) is 7.94. The first-order chi connectivity index (χ1) is 6.92. The van der Waals surface area contributed by atoms with Gasteiger partial charge in [-0.15, -0.1) is 0 Å². The van der Waals surface area contributed by atoms with Crippen molar-refractivity contribution in [1.29, 1.82) is 0 Å². The van der Waals surface area contributed by atoms with Gasteiger partial charge in [-0.25, -0.2) is 0 Å². The van der Waals surface area contributed by atoms with Gasteiger partial charge in [-0.2, -0.15) is 4.89 Å². The number of benzene rings is 1. The van der Waals surface area contributed by atoms with E-state index in [1.165, 1.54) is 0 Å². The van der Waals surface area contributed by atoms with Crippen molar-refractivity contribution < 1.29 is 9.78 Å². The maximum Gasteiger partial charge on any atom is 0.171 e. The Morgan fingerprint density at radius 1 is 1.21 bits per heavy atom. The van der Waals surface area contributed by atoms with E-state index >= 15 is 0 Å². The lowest BCUT2D eigenvalue weighted by Gasteiger charge is -2.05. The number of para-hydroxylation sites is 1. The molecular weight excluding hydrogens is 178 g/mol. The maximum atomic E-state index is 5.44. The van der Waals surface area contributed by atoms with E-state index in [9.17, 15) is 0 Å². The third kappa shape index (κ3) is 1.89. The van der Waals surface area contributed by atoms with Gasteiger partial charge in [-0.1, -0.05) is 18.2 Å². The van der Waals surface area contributed by atoms with Crippen molar-refractivity contribution in [2.75, 3.05) is 6.54 Å². The largest absolute Gasteiger partial charge is 0.337 e. The quantitative estimate of drug-likeness (QED) is 0.588. The highest BCUT2D eigenvalue weighted by Gasteiger charge is 2.24. The van der Waals surface area contributed by atoms with Gasteiger partial charge in [-0.3, -0.25) is 0 Å². The Bertz CT molecular complexity index is 301. The SMILES string of the molecule is NCCCCC1OOc2ccccc21. The van der Waals surface area contributed by atoms with Crippen molar-refractivity contribution in [2.45, 2.75) is 25.4 Å². The second-order valence-corrected chi connectivity index (χ2v) is 3.49. The van der Waals surface area contributed by atoms with Crippen LogP contribution in [0, 0.1) is 0 Å². The summed E-state index contributed by atoms with van der Waals surface area (Å²) in [6.07, 6.45) is 3.20. The van der Waals surface area contributed by atoms with E-state index in [1.807, 2.05) is 18.2 Å². The molecule has 1 atom stereocenters. The molecule has 0 aromatic heterocycles. The number of fused-ring (bicyclic) bond motifs is 1. The van der Waals surface area contributed by atoms with Gasteiger partial charge in [0, 0.05) is 5.56 Å². The van der Waals surface area contributed by atoms with Crippen molar-refractivity contribution in [2.24, 2.45) is 5.73 Å². The van der Waals surface area contributed by atoms with Gasteiger partial charge in [-0.05, 0) is 31.9 Å². The molecule has 1 aliphatic heterocycles. The van der Waals surface area contributed by atoms with Crippen LogP contribution in [0.15, 0.2) is 24.3 Å². The van der Waals surface area contributed by atoms with Crippen LogP contribution in [-0.2, 0) is 4.89 Å². The van der Waals surface area contributed by atoms with Crippen LogP contribution < -0.4 is 10.6 Å². The molecule has 0 amide bonds. The minimum absolute atomic E-state index is 0.0951. The molecule has 0 bridgehead atoms. The van der Waals surface area contributed by atoms with Crippen molar-refractivity contribution in [3.63, 3.8) is 0 Å². The van der Waals surface area contributed by atoms with E-state index in [1.54, 1.807) is 0 Å². The number of unbranched alkanes of at least 4 members (excludes halogenated alkanes) is 1. The zero-order valence-electron chi connectivity index (χ0n) is 8.11. The lowest BCUT2D eigenvalue weighted by atomic mass is 10.0. The van der Waals surface area contributed by atoms with Crippen LogP contribution in [0.4, 0.5) is 0 Å².